The number of hydrazone groups is 1. The first-order valence-corrected chi connectivity index (χ1v) is 8.81. The van der Waals surface area contributed by atoms with Gasteiger partial charge in [-0.15, -0.1) is 0 Å². The number of morpholine rings is 1. The molecule has 0 unspecified atom stereocenters. The zero-order valence-electron chi connectivity index (χ0n) is 14.3. The van der Waals surface area contributed by atoms with E-state index in [0.29, 0.717) is 11.0 Å². The number of quaternary nitrogens is 1. The van der Waals surface area contributed by atoms with Gasteiger partial charge in [-0.25, -0.2) is 0 Å². The van der Waals surface area contributed by atoms with Crippen molar-refractivity contribution in [2.75, 3.05) is 39.4 Å². The second kappa shape index (κ2) is 9.15. The van der Waals surface area contributed by atoms with Crippen molar-refractivity contribution < 1.29 is 9.64 Å². The monoisotopic (exact) mass is 337 g/mol. The molecule has 1 saturated heterocycles. The number of nitrogens with zero attached hydrogens (tertiary/aromatic N) is 1. The third-order valence-corrected chi connectivity index (χ3v) is 4.79. The molecule has 128 valence electrons. The first-order chi connectivity index (χ1) is 11.1. The molecule has 1 aliphatic carbocycles. The van der Waals surface area contributed by atoms with Gasteiger partial charge in [-0.2, -0.15) is 5.10 Å². The first-order valence-electron chi connectivity index (χ1n) is 8.40. The van der Waals surface area contributed by atoms with Gasteiger partial charge < -0.3 is 15.0 Å². The normalized spacial score (nSPS) is 24.2. The molecule has 1 fully saturated rings. The predicted molar refractivity (Wildman–Crippen MR) is 98.8 cm³/mol. The molecule has 6 heteroatoms. The van der Waals surface area contributed by atoms with Crippen molar-refractivity contribution in [3.63, 3.8) is 0 Å². The molecular formula is C17H29N4OS+. The minimum Gasteiger partial charge on any atom is -0.370 e. The summed E-state index contributed by atoms with van der Waals surface area (Å²) in [6.07, 6.45) is 4.23. The minimum absolute atomic E-state index is 0.491. The van der Waals surface area contributed by atoms with E-state index in [-0.39, 0.29) is 0 Å². The molecule has 1 heterocycles. The third kappa shape index (κ3) is 6.05. The maximum absolute atomic E-state index is 5.36. The Morgan fingerprint density at radius 1 is 1.48 bits per heavy atom. The highest BCUT2D eigenvalue weighted by atomic mass is 32.1. The number of ether oxygens (including phenoxy) is 1. The van der Waals surface area contributed by atoms with Crippen molar-refractivity contribution in [1.82, 2.24) is 10.7 Å². The number of allylic oxidation sites excluding steroid dienone is 3. The number of thiocarbonyl (C=S) groups is 1. The minimum atomic E-state index is 0.491. The van der Waals surface area contributed by atoms with Gasteiger partial charge in [-0.3, -0.25) is 5.43 Å². The summed E-state index contributed by atoms with van der Waals surface area (Å²) in [5.41, 5.74) is 6.51. The summed E-state index contributed by atoms with van der Waals surface area (Å²) in [5, 5.41) is 8.31. The zero-order chi connectivity index (χ0) is 16.7. The Balaban J connectivity index is 1.72. The van der Waals surface area contributed by atoms with E-state index in [1.807, 2.05) is 0 Å². The smallest absolute Gasteiger partial charge is 0.187 e. The van der Waals surface area contributed by atoms with Crippen LogP contribution in [-0.4, -0.2) is 50.2 Å². The second-order valence-electron chi connectivity index (χ2n) is 6.41. The molecule has 0 amide bonds. The fraction of sp³-hybridized carbons (Fsp3) is 0.647. The number of rotatable bonds is 5. The van der Waals surface area contributed by atoms with Gasteiger partial charge in [0.2, 0.25) is 0 Å². The van der Waals surface area contributed by atoms with Gasteiger partial charge in [0.05, 0.1) is 32.0 Å². The highest BCUT2D eigenvalue weighted by molar-refractivity contribution is 7.80. The molecule has 0 saturated carbocycles. The summed E-state index contributed by atoms with van der Waals surface area (Å²) in [6, 6.07) is 0. The molecule has 5 nitrogen and oxygen atoms in total. The van der Waals surface area contributed by atoms with Gasteiger partial charge >= 0.3 is 0 Å². The van der Waals surface area contributed by atoms with Crippen molar-refractivity contribution in [1.29, 1.82) is 0 Å². The average Bonchev–Trinajstić information content (AvgIpc) is 2.55. The van der Waals surface area contributed by atoms with Crippen LogP contribution in [0, 0.1) is 5.92 Å². The lowest BCUT2D eigenvalue weighted by Gasteiger charge is -2.24. The topological polar surface area (TPSA) is 50.1 Å². The standard InChI is InChI=1S/C17H28N4OS/c1-13(2)15-5-4-14(3)16(12-15)19-20-17(23)18-6-7-21-8-10-22-11-9-21/h4,15H,1,5-12H2,2-3H3,(H2,18,20,23)/p+1/t15-/m1/s1. The molecule has 2 aliphatic rings. The molecule has 1 aliphatic heterocycles. The van der Waals surface area contributed by atoms with E-state index in [1.54, 1.807) is 4.90 Å². The zero-order valence-corrected chi connectivity index (χ0v) is 15.1. The highest BCUT2D eigenvalue weighted by Crippen LogP contribution is 2.26. The lowest BCUT2D eigenvalue weighted by atomic mass is 9.85. The summed E-state index contributed by atoms with van der Waals surface area (Å²) in [7, 11) is 0. The van der Waals surface area contributed by atoms with Crippen molar-refractivity contribution in [2.24, 2.45) is 11.0 Å². The first kappa shape index (κ1) is 18.1. The van der Waals surface area contributed by atoms with Crippen molar-refractivity contribution in [2.45, 2.75) is 26.7 Å². The summed E-state index contributed by atoms with van der Waals surface area (Å²) < 4.78 is 5.36. The molecule has 1 atom stereocenters. The second-order valence-corrected chi connectivity index (χ2v) is 6.82. The van der Waals surface area contributed by atoms with Crippen LogP contribution in [0.4, 0.5) is 0 Å². The van der Waals surface area contributed by atoms with Crippen LogP contribution in [0.3, 0.4) is 0 Å². The number of hydrogen-bond donors (Lipinski definition) is 3. The molecule has 23 heavy (non-hydrogen) atoms. The van der Waals surface area contributed by atoms with Crippen LogP contribution in [-0.2, 0) is 4.74 Å². The van der Waals surface area contributed by atoms with Gasteiger partial charge in [-0.1, -0.05) is 18.2 Å². The van der Waals surface area contributed by atoms with Crippen LogP contribution in [0.5, 0.6) is 0 Å². The number of hydrogen-bond acceptors (Lipinski definition) is 3. The fourth-order valence-corrected chi connectivity index (χ4v) is 2.99. The molecular weight excluding hydrogens is 308 g/mol. The van der Waals surface area contributed by atoms with Crippen LogP contribution in [0.25, 0.3) is 0 Å². The van der Waals surface area contributed by atoms with E-state index in [1.165, 1.54) is 11.1 Å². The summed E-state index contributed by atoms with van der Waals surface area (Å²) >= 11 is 5.31. The van der Waals surface area contributed by atoms with Gasteiger partial charge in [-0.05, 0) is 50.4 Å². The van der Waals surface area contributed by atoms with E-state index >= 15 is 0 Å². The molecule has 0 aromatic rings. The summed E-state index contributed by atoms with van der Waals surface area (Å²) in [4.78, 5) is 1.56. The van der Waals surface area contributed by atoms with Crippen molar-refractivity contribution in [3.05, 3.63) is 23.8 Å². The van der Waals surface area contributed by atoms with E-state index in [4.69, 9.17) is 17.0 Å². The Kier molecular flexibility index (Phi) is 7.20. The van der Waals surface area contributed by atoms with Gasteiger partial charge in [0, 0.05) is 0 Å². The fourth-order valence-electron chi connectivity index (χ4n) is 2.84. The summed E-state index contributed by atoms with van der Waals surface area (Å²) in [6.45, 7) is 14.1. The van der Waals surface area contributed by atoms with E-state index in [0.717, 1.165) is 57.9 Å². The average molecular weight is 338 g/mol. The lowest BCUT2D eigenvalue weighted by Crippen LogP contribution is -3.14. The molecule has 3 N–H and O–H groups in total. The SMILES string of the molecule is C=C(C)[C@@H]1CC=C(C)C(=NNC(=S)NCC[NH+]2CCOCC2)C1. The molecule has 0 radical (unpaired) electrons. The Bertz CT molecular complexity index is 495. The van der Waals surface area contributed by atoms with Crippen molar-refractivity contribution in [3.8, 4) is 0 Å². The Hall–Kier alpha value is -1.24. The van der Waals surface area contributed by atoms with Gasteiger partial charge in [0.1, 0.15) is 13.1 Å². The van der Waals surface area contributed by atoms with E-state index in [2.05, 4.69) is 42.3 Å². The quantitative estimate of drug-likeness (QED) is 0.392. The maximum Gasteiger partial charge on any atom is 0.187 e. The van der Waals surface area contributed by atoms with Crippen molar-refractivity contribution >= 4 is 23.0 Å². The maximum atomic E-state index is 5.36. The predicted octanol–water partition coefficient (Wildman–Crippen LogP) is 0.654. The molecule has 0 spiro atoms. The largest absolute Gasteiger partial charge is 0.370 e. The van der Waals surface area contributed by atoms with Gasteiger partial charge in [0.25, 0.3) is 0 Å². The van der Waals surface area contributed by atoms with Crippen LogP contribution in [0.2, 0.25) is 0 Å². The van der Waals surface area contributed by atoms with Crippen LogP contribution in [0.1, 0.15) is 26.7 Å². The van der Waals surface area contributed by atoms with Gasteiger partial charge in [0.15, 0.2) is 5.11 Å². The molecule has 0 aromatic carbocycles. The molecule has 0 aromatic heterocycles. The van der Waals surface area contributed by atoms with E-state index < -0.39 is 0 Å². The molecule has 2 rings (SSSR count). The van der Waals surface area contributed by atoms with Crippen LogP contribution in [0.15, 0.2) is 28.9 Å². The number of nitrogens with one attached hydrogen (secondary N) is 3. The van der Waals surface area contributed by atoms with Crippen LogP contribution >= 0.6 is 12.2 Å². The third-order valence-electron chi connectivity index (χ3n) is 4.56. The Morgan fingerprint density at radius 2 is 2.22 bits per heavy atom. The molecule has 0 bridgehead atoms. The Labute approximate surface area is 144 Å². The summed E-state index contributed by atoms with van der Waals surface area (Å²) in [5.74, 6) is 0.491. The highest BCUT2D eigenvalue weighted by Gasteiger charge is 2.18. The van der Waals surface area contributed by atoms with Crippen LogP contribution < -0.4 is 15.6 Å². The lowest BCUT2D eigenvalue weighted by molar-refractivity contribution is -0.906. The Morgan fingerprint density at radius 3 is 2.91 bits per heavy atom. The van der Waals surface area contributed by atoms with E-state index in [9.17, 15) is 0 Å².